The van der Waals surface area contributed by atoms with Crippen molar-refractivity contribution in [1.82, 2.24) is 10.2 Å². The molecule has 6 heteroatoms. The Balaban J connectivity index is 2.16. The topological polar surface area (TPSA) is 66.5 Å². The van der Waals surface area contributed by atoms with Gasteiger partial charge in [0, 0.05) is 23.0 Å². The first kappa shape index (κ1) is 14.9. The fraction of sp³-hybridized carbons (Fsp3) is 0.357. The first-order valence-electron chi connectivity index (χ1n) is 6.29. The van der Waals surface area contributed by atoms with E-state index in [0.717, 1.165) is 16.3 Å². The molecule has 1 aliphatic heterocycles. The van der Waals surface area contributed by atoms with Gasteiger partial charge in [-0.3, -0.25) is 24.6 Å². The Hall–Kier alpha value is -1.53. The molecule has 20 heavy (non-hydrogen) atoms. The monoisotopic (exact) mass is 338 g/mol. The van der Waals surface area contributed by atoms with E-state index >= 15 is 0 Å². The number of likely N-dealkylation sites (N-methyl/N-ethyl adjacent to an activating group) is 1. The van der Waals surface area contributed by atoms with Crippen LogP contribution >= 0.6 is 15.9 Å². The molecule has 1 aromatic carbocycles. The number of piperidine rings is 1. The highest BCUT2D eigenvalue weighted by Gasteiger charge is 2.30. The van der Waals surface area contributed by atoms with Crippen molar-refractivity contribution in [3.8, 4) is 0 Å². The average Bonchev–Trinajstić information content (AvgIpc) is 2.40. The van der Waals surface area contributed by atoms with Crippen molar-refractivity contribution in [3.05, 3.63) is 33.8 Å². The summed E-state index contributed by atoms with van der Waals surface area (Å²) in [5.41, 5.74) is 1.44. The van der Waals surface area contributed by atoms with Crippen molar-refractivity contribution >= 4 is 34.0 Å². The summed E-state index contributed by atoms with van der Waals surface area (Å²) in [5.74, 6) is -0.502. The predicted octanol–water partition coefficient (Wildman–Crippen LogP) is 1.50. The molecule has 0 aliphatic carbocycles. The Labute approximate surface area is 125 Å². The van der Waals surface area contributed by atoms with Gasteiger partial charge in [-0.25, -0.2) is 0 Å². The molecule has 2 amide bonds. The number of halogens is 1. The number of carbonyl (C=O) groups is 3. The van der Waals surface area contributed by atoms with Gasteiger partial charge in [0.05, 0.1) is 6.04 Å². The van der Waals surface area contributed by atoms with Gasteiger partial charge in [0.15, 0.2) is 0 Å². The Morgan fingerprint density at radius 3 is 2.85 bits per heavy atom. The lowest BCUT2D eigenvalue weighted by Crippen LogP contribution is -2.51. The zero-order chi connectivity index (χ0) is 14.7. The first-order chi connectivity index (χ1) is 9.52. The van der Waals surface area contributed by atoms with Crippen molar-refractivity contribution < 1.29 is 14.4 Å². The van der Waals surface area contributed by atoms with Crippen molar-refractivity contribution in [1.29, 1.82) is 0 Å². The molecule has 2 rings (SSSR count). The third-order valence-corrected chi connectivity index (χ3v) is 4.17. The Morgan fingerprint density at radius 1 is 1.45 bits per heavy atom. The number of imide groups is 1. The van der Waals surface area contributed by atoms with Gasteiger partial charge in [-0.05, 0) is 25.1 Å². The Kier molecular flexibility index (Phi) is 4.67. The highest BCUT2D eigenvalue weighted by molar-refractivity contribution is 9.10. The first-order valence-corrected chi connectivity index (χ1v) is 7.08. The standard InChI is InChI=1S/C14H15BrN2O3/c1-17(12-5-6-13(19)16-14(12)20)7-10-9(8-18)3-2-4-11(10)15/h2-4,8,12H,5-7H2,1H3,(H,16,19,20). The summed E-state index contributed by atoms with van der Waals surface area (Å²) in [7, 11) is 1.81. The summed E-state index contributed by atoms with van der Waals surface area (Å²) in [6.45, 7) is 0.460. The van der Waals surface area contributed by atoms with Crippen LogP contribution in [0.5, 0.6) is 0 Å². The van der Waals surface area contributed by atoms with E-state index in [9.17, 15) is 14.4 Å². The maximum atomic E-state index is 11.8. The van der Waals surface area contributed by atoms with Gasteiger partial charge in [0.2, 0.25) is 11.8 Å². The lowest BCUT2D eigenvalue weighted by atomic mass is 10.0. The van der Waals surface area contributed by atoms with Crippen LogP contribution in [0.4, 0.5) is 0 Å². The smallest absolute Gasteiger partial charge is 0.243 e. The van der Waals surface area contributed by atoms with Crippen molar-refractivity contribution in [2.24, 2.45) is 0 Å². The van der Waals surface area contributed by atoms with Crippen molar-refractivity contribution in [2.75, 3.05) is 7.05 Å². The van der Waals surface area contributed by atoms with E-state index in [1.807, 2.05) is 18.0 Å². The van der Waals surface area contributed by atoms with E-state index in [1.165, 1.54) is 0 Å². The summed E-state index contributed by atoms with van der Waals surface area (Å²) >= 11 is 3.42. The fourth-order valence-corrected chi connectivity index (χ4v) is 2.82. The molecule has 1 saturated heterocycles. The summed E-state index contributed by atoms with van der Waals surface area (Å²) in [4.78, 5) is 35.9. The number of hydrogen-bond donors (Lipinski definition) is 1. The van der Waals surface area contributed by atoms with Gasteiger partial charge in [0.25, 0.3) is 0 Å². The second-order valence-electron chi connectivity index (χ2n) is 4.81. The molecule has 1 atom stereocenters. The number of nitrogens with one attached hydrogen (secondary N) is 1. The maximum Gasteiger partial charge on any atom is 0.243 e. The highest BCUT2D eigenvalue weighted by Crippen LogP contribution is 2.23. The van der Waals surface area contributed by atoms with Crippen LogP contribution in [0.3, 0.4) is 0 Å². The molecule has 106 valence electrons. The van der Waals surface area contributed by atoms with Crippen LogP contribution in [0.15, 0.2) is 22.7 Å². The van der Waals surface area contributed by atoms with Gasteiger partial charge < -0.3 is 0 Å². The van der Waals surface area contributed by atoms with Gasteiger partial charge in [-0.2, -0.15) is 0 Å². The molecule has 1 heterocycles. The number of nitrogens with zero attached hydrogens (tertiary/aromatic N) is 1. The van der Waals surface area contributed by atoms with Crippen LogP contribution in [-0.4, -0.2) is 36.1 Å². The van der Waals surface area contributed by atoms with E-state index < -0.39 is 0 Å². The number of rotatable bonds is 4. The predicted molar refractivity (Wildman–Crippen MR) is 77.2 cm³/mol. The molecule has 1 aromatic rings. The molecule has 0 spiro atoms. The molecule has 0 aromatic heterocycles. The van der Waals surface area contributed by atoms with Crippen LogP contribution in [-0.2, 0) is 16.1 Å². The summed E-state index contributed by atoms with van der Waals surface area (Å²) < 4.78 is 0.834. The zero-order valence-electron chi connectivity index (χ0n) is 11.1. The number of benzene rings is 1. The highest BCUT2D eigenvalue weighted by atomic mass is 79.9. The molecule has 0 saturated carbocycles. The number of amides is 2. The van der Waals surface area contributed by atoms with E-state index in [0.29, 0.717) is 24.9 Å². The Bertz CT molecular complexity index is 559. The molecule has 0 radical (unpaired) electrons. The second-order valence-corrected chi connectivity index (χ2v) is 5.66. The zero-order valence-corrected chi connectivity index (χ0v) is 12.6. The molecular formula is C14H15BrN2O3. The molecular weight excluding hydrogens is 324 g/mol. The number of carbonyl (C=O) groups excluding carboxylic acids is 3. The van der Waals surface area contributed by atoms with Gasteiger partial charge in [-0.1, -0.05) is 28.1 Å². The average molecular weight is 339 g/mol. The van der Waals surface area contributed by atoms with Crippen molar-refractivity contribution in [3.63, 3.8) is 0 Å². The fourth-order valence-electron chi connectivity index (χ4n) is 2.31. The SMILES string of the molecule is CN(Cc1c(Br)cccc1C=O)C1CCC(=O)NC1=O. The van der Waals surface area contributed by atoms with Crippen LogP contribution < -0.4 is 5.32 Å². The van der Waals surface area contributed by atoms with E-state index in [-0.39, 0.29) is 17.9 Å². The van der Waals surface area contributed by atoms with Crippen LogP contribution in [0.2, 0.25) is 0 Å². The molecule has 1 fully saturated rings. The number of aldehydes is 1. The molecule has 1 aliphatic rings. The summed E-state index contributed by atoms with van der Waals surface area (Å²) in [5, 5.41) is 2.34. The minimum atomic E-state index is -0.348. The van der Waals surface area contributed by atoms with Crippen molar-refractivity contribution in [2.45, 2.75) is 25.4 Å². The lowest BCUT2D eigenvalue weighted by molar-refractivity contribution is -0.137. The van der Waals surface area contributed by atoms with E-state index in [1.54, 1.807) is 12.1 Å². The van der Waals surface area contributed by atoms with Crippen LogP contribution in [0.25, 0.3) is 0 Å². The Morgan fingerprint density at radius 2 is 2.20 bits per heavy atom. The van der Waals surface area contributed by atoms with Gasteiger partial charge in [0.1, 0.15) is 6.29 Å². The van der Waals surface area contributed by atoms with Crippen LogP contribution in [0.1, 0.15) is 28.8 Å². The molecule has 0 bridgehead atoms. The largest absolute Gasteiger partial charge is 0.298 e. The van der Waals surface area contributed by atoms with Gasteiger partial charge in [-0.15, -0.1) is 0 Å². The summed E-state index contributed by atoms with van der Waals surface area (Å²) in [6, 6.07) is 5.05. The molecule has 5 nitrogen and oxygen atoms in total. The lowest BCUT2D eigenvalue weighted by Gasteiger charge is -2.30. The maximum absolute atomic E-state index is 11.8. The quantitative estimate of drug-likeness (QED) is 0.667. The summed E-state index contributed by atoms with van der Waals surface area (Å²) in [6.07, 6.45) is 1.65. The van der Waals surface area contributed by atoms with E-state index in [4.69, 9.17) is 0 Å². The molecule has 1 unspecified atom stereocenters. The number of hydrogen-bond acceptors (Lipinski definition) is 4. The molecule has 1 N–H and O–H groups in total. The van der Waals surface area contributed by atoms with Gasteiger partial charge >= 0.3 is 0 Å². The minimum Gasteiger partial charge on any atom is -0.298 e. The minimum absolute atomic E-state index is 0.228. The third-order valence-electron chi connectivity index (χ3n) is 3.43. The second kappa shape index (κ2) is 6.28. The normalized spacial score (nSPS) is 19.1. The van der Waals surface area contributed by atoms with Crippen LogP contribution in [0, 0.1) is 0 Å². The third kappa shape index (κ3) is 3.13. The van der Waals surface area contributed by atoms with E-state index in [2.05, 4.69) is 21.2 Å².